The molecule has 0 nitrogen and oxygen atoms in total. The van der Waals surface area contributed by atoms with Gasteiger partial charge >= 0.3 is 0 Å². The van der Waals surface area contributed by atoms with E-state index in [1.165, 1.54) is 22.6 Å². The smallest absolute Gasteiger partial charge is 0.191 e. The van der Waals surface area contributed by atoms with Crippen molar-refractivity contribution < 1.29 is 8.78 Å². The summed E-state index contributed by atoms with van der Waals surface area (Å²) < 4.78 is 23.7. The maximum absolute atomic E-state index is 12.3. The van der Waals surface area contributed by atoms with Gasteiger partial charge in [0, 0.05) is 6.42 Å². The molecule has 0 unspecified atom stereocenters. The van der Waals surface area contributed by atoms with Gasteiger partial charge in [0.15, 0.2) is 3.83 Å². The second kappa shape index (κ2) is 6.07. The van der Waals surface area contributed by atoms with Crippen molar-refractivity contribution in [2.24, 2.45) is 0 Å². The van der Waals surface area contributed by atoms with Crippen LogP contribution in [0.25, 0.3) is 0 Å². The van der Waals surface area contributed by atoms with Crippen LogP contribution in [0.1, 0.15) is 32.6 Å². The molecule has 0 aliphatic carbocycles. The molecular weight excluding hydrogens is 249 g/mol. The van der Waals surface area contributed by atoms with Gasteiger partial charge in [-0.15, -0.1) is 0 Å². The lowest BCUT2D eigenvalue weighted by Crippen LogP contribution is -1.77. The minimum atomic E-state index is -0.700. The van der Waals surface area contributed by atoms with E-state index in [1.807, 2.05) is 6.92 Å². The molecule has 0 radical (unpaired) electrons. The Morgan fingerprint density at radius 2 is 1.90 bits per heavy atom. The maximum Gasteiger partial charge on any atom is 0.191 e. The van der Waals surface area contributed by atoms with Crippen LogP contribution in [-0.2, 0) is 0 Å². The standard InChI is InChI=1S/C7H11F2I/c1-2-3-4-5-6(8)7(9)10/h2-5H2,1H3/b7-6-. The van der Waals surface area contributed by atoms with Gasteiger partial charge in [-0.25, -0.2) is 4.39 Å². The highest BCUT2D eigenvalue weighted by Gasteiger charge is 2.00. The van der Waals surface area contributed by atoms with E-state index < -0.39 is 9.66 Å². The lowest BCUT2D eigenvalue weighted by atomic mass is 10.2. The van der Waals surface area contributed by atoms with Gasteiger partial charge in [0.1, 0.15) is 5.83 Å². The molecule has 0 heterocycles. The van der Waals surface area contributed by atoms with Gasteiger partial charge in [0.2, 0.25) is 0 Å². The van der Waals surface area contributed by atoms with Crippen molar-refractivity contribution in [1.82, 2.24) is 0 Å². The van der Waals surface area contributed by atoms with Gasteiger partial charge in [-0.1, -0.05) is 19.8 Å². The Bertz CT molecular complexity index is 117. The second-order valence-corrected chi connectivity index (χ2v) is 3.07. The summed E-state index contributed by atoms with van der Waals surface area (Å²) >= 11 is 1.36. The Labute approximate surface area is 73.8 Å². The first-order chi connectivity index (χ1) is 4.68. The molecule has 3 heteroatoms. The van der Waals surface area contributed by atoms with E-state index in [0.717, 1.165) is 19.3 Å². The van der Waals surface area contributed by atoms with Crippen LogP contribution in [0.15, 0.2) is 9.66 Å². The van der Waals surface area contributed by atoms with E-state index in [9.17, 15) is 8.78 Å². The van der Waals surface area contributed by atoms with Crippen LogP contribution in [0.2, 0.25) is 0 Å². The third-order valence-electron chi connectivity index (χ3n) is 1.20. The van der Waals surface area contributed by atoms with Crippen molar-refractivity contribution in [2.75, 3.05) is 0 Å². The molecule has 0 atom stereocenters. The molecule has 0 spiro atoms. The van der Waals surface area contributed by atoms with E-state index >= 15 is 0 Å². The molecule has 60 valence electrons. The van der Waals surface area contributed by atoms with Gasteiger partial charge in [0.05, 0.1) is 0 Å². The SMILES string of the molecule is CCCCC/C(F)=C(\F)I. The Hall–Kier alpha value is 0.330. The predicted molar refractivity (Wildman–Crippen MR) is 47.4 cm³/mol. The highest BCUT2D eigenvalue weighted by atomic mass is 127. The van der Waals surface area contributed by atoms with E-state index in [0.29, 0.717) is 0 Å². The first-order valence-corrected chi connectivity index (χ1v) is 4.46. The molecule has 0 bridgehead atoms. The zero-order valence-corrected chi connectivity index (χ0v) is 8.12. The van der Waals surface area contributed by atoms with Crippen molar-refractivity contribution in [3.63, 3.8) is 0 Å². The van der Waals surface area contributed by atoms with Gasteiger partial charge in [-0.2, -0.15) is 4.39 Å². The van der Waals surface area contributed by atoms with Crippen molar-refractivity contribution in [1.29, 1.82) is 0 Å². The molecule has 0 saturated carbocycles. The molecule has 0 aliphatic rings. The Kier molecular flexibility index (Phi) is 6.27. The van der Waals surface area contributed by atoms with E-state index in [4.69, 9.17) is 0 Å². The summed E-state index contributed by atoms with van der Waals surface area (Å²) in [4.78, 5) is 0. The van der Waals surface area contributed by atoms with Gasteiger partial charge < -0.3 is 0 Å². The minimum absolute atomic E-state index is 0.253. The molecule has 10 heavy (non-hydrogen) atoms. The number of hydrogen-bond donors (Lipinski definition) is 0. The number of allylic oxidation sites excluding steroid dienone is 1. The van der Waals surface area contributed by atoms with Crippen LogP contribution < -0.4 is 0 Å². The topological polar surface area (TPSA) is 0 Å². The zero-order valence-electron chi connectivity index (χ0n) is 5.96. The fourth-order valence-electron chi connectivity index (χ4n) is 0.625. The fraction of sp³-hybridized carbons (Fsp3) is 0.714. The normalized spacial score (nSPS) is 13.2. The second-order valence-electron chi connectivity index (χ2n) is 2.12. The fourth-order valence-corrected chi connectivity index (χ4v) is 0.894. The van der Waals surface area contributed by atoms with E-state index in [1.54, 1.807) is 0 Å². The quantitative estimate of drug-likeness (QED) is 0.527. The van der Waals surface area contributed by atoms with Gasteiger partial charge in [-0.05, 0) is 29.0 Å². The highest BCUT2D eigenvalue weighted by molar-refractivity contribution is 14.1. The van der Waals surface area contributed by atoms with Gasteiger partial charge in [-0.3, -0.25) is 0 Å². The highest BCUT2D eigenvalue weighted by Crippen LogP contribution is 2.20. The largest absolute Gasteiger partial charge is 0.208 e. The molecule has 0 aromatic rings. The Morgan fingerprint density at radius 1 is 1.30 bits per heavy atom. The summed E-state index contributed by atoms with van der Waals surface area (Å²) in [6.07, 6.45) is 3.01. The monoisotopic (exact) mass is 260 g/mol. The summed E-state index contributed by atoms with van der Waals surface area (Å²) in [6.45, 7) is 2.03. The Morgan fingerprint density at radius 3 is 2.30 bits per heavy atom. The van der Waals surface area contributed by atoms with E-state index in [2.05, 4.69) is 0 Å². The average Bonchev–Trinajstić information content (AvgIpc) is 1.88. The van der Waals surface area contributed by atoms with Crippen molar-refractivity contribution in [2.45, 2.75) is 32.6 Å². The molecule has 0 rings (SSSR count). The average molecular weight is 260 g/mol. The molecule has 0 aliphatic heterocycles. The molecule has 0 aromatic heterocycles. The first kappa shape index (κ1) is 10.3. The minimum Gasteiger partial charge on any atom is -0.208 e. The molecule has 0 N–H and O–H groups in total. The van der Waals surface area contributed by atoms with Crippen molar-refractivity contribution in [3.05, 3.63) is 9.66 Å². The summed E-state index contributed by atoms with van der Waals surface area (Å²) in [7, 11) is 0. The molecule has 0 amide bonds. The lowest BCUT2D eigenvalue weighted by molar-refractivity contribution is 0.524. The maximum atomic E-state index is 12.3. The summed E-state index contributed by atoms with van der Waals surface area (Å²) in [6, 6.07) is 0. The third kappa shape index (κ3) is 5.14. The summed E-state index contributed by atoms with van der Waals surface area (Å²) in [5.41, 5.74) is 0. The molecule has 0 aromatic carbocycles. The summed E-state index contributed by atoms with van der Waals surface area (Å²) in [5, 5.41) is 0. The van der Waals surface area contributed by atoms with Crippen LogP contribution in [0.4, 0.5) is 8.78 Å². The first-order valence-electron chi connectivity index (χ1n) is 3.38. The number of hydrogen-bond acceptors (Lipinski definition) is 0. The van der Waals surface area contributed by atoms with Gasteiger partial charge in [0.25, 0.3) is 0 Å². The van der Waals surface area contributed by atoms with Crippen LogP contribution >= 0.6 is 22.6 Å². The van der Waals surface area contributed by atoms with Crippen LogP contribution in [0.5, 0.6) is 0 Å². The molecular formula is C7H11F2I. The Balaban J connectivity index is 3.40. The van der Waals surface area contributed by atoms with Crippen LogP contribution in [-0.4, -0.2) is 0 Å². The number of rotatable bonds is 4. The molecule has 0 saturated heterocycles. The number of unbranched alkanes of at least 4 members (excludes halogenated alkanes) is 2. The summed E-state index contributed by atoms with van der Waals surface area (Å²) in [5.74, 6) is -0.603. The lowest BCUT2D eigenvalue weighted by Gasteiger charge is -1.94. The van der Waals surface area contributed by atoms with E-state index in [-0.39, 0.29) is 6.42 Å². The van der Waals surface area contributed by atoms with Crippen molar-refractivity contribution >= 4 is 22.6 Å². The zero-order chi connectivity index (χ0) is 7.98. The number of halogens is 3. The molecule has 0 fully saturated rings. The third-order valence-corrected chi connectivity index (χ3v) is 1.79. The predicted octanol–water partition coefficient (Wildman–Crippen LogP) is 4.11. The van der Waals surface area contributed by atoms with Crippen LogP contribution in [0, 0.1) is 0 Å². The van der Waals surface area contributed by atoms with Crippen molar-refractivity contribution in [3.8, 4) is 0 Å². The van der Waals surface area contributed by atoms with Crippen LogP contribution in [0.3, 0.4) is 0 Å².